The quantitative estimate of drug-likeness (QED) is 0.595. The van der Waals surface area contributed by atoms with Gasteiger partial charge in [-0.25, -0.2) is 9.59 Å². The molecule has 0 radical (unpaired) electrons. The number of hydrogen-bond acceptors (Lipinski definition) is 6. The van der Waals surface area contributed by atoms with Gasteiger partial charge in [-0.1, -0.05) is 48.5 Å². The zero-order chi connectivity index (χ0) is 23.7. The first kappa shape index (κ1) is 21.7. The number of amides is 2. The molecule has 1 fully saturated rings. The Labute approximate surface area is 194 Å². The molecule has 1 unspecified atom stereocenters. The normalized spacial score (nSPS) is 17.1. The summed E-state index contributed by atoms with van der Waals surface area (Å²) in [5, 5.41) is 11.7. The molecule has 0 bridgehead atoms. The lowest BCUT2D eigenvalue weighted by atomic mass is 9.98. The molecule has 1 atom stereocenters. The van der Waals surface area contributed by atoms with Crippen LogP contribution in [-0.2, 0) is 14.3 Å². The molecule has 2 aromatic carbocycles. The molecule has 1 aromatic heterocycles. The van der Waals surface area contributed by atoms with E-state index in [1.165, 1.54) is 17.2 Å². The largest absolute Gasteiger partial charge is 0.479 e. The van der Waals surface area contributed by atoms with Crippen molar-refractivity contribution in [3.8, 4) is 11.1 Å². The van der Waals surface area contributed by atoms with Crippen molar-refractivity contribution in [2.45, 2.75) is 12.0 Å². The fourth-order valence-corrected chi connectivity index (χ4v) is 4.44. The van der Waals surface area contributed by atoms with E-state index in [0.717, 1.165) is 22.3 Å². The number of ether oxygens (including phenoxy) is 2. The SMILES string of the molecule is O=C(Nc1ccoc1C(=O)N1CCOC(C(=O)O)C1)OCC1c2ccccc2-c2ccccc21. The first-order valence-corrected chi connectivity index (χ1v) is 10.9. The fourth-order valence-electron chi connectivity index (χ4n) is 4.44. The third kappa shape index (κ3) is 4.01. The molecular formula is C25H22N2O7. The zero-order valence-electron chi connectivity index (χ0n) is 18.1. The Balaban J connectivity index is 1.25. The second-order valence-corrected chi connectivity index (χ2v) is 8.06. The summed E-state index contributed by atoms with van der Waals surface area (Å²) in [4.78, 5) is 38.0. The highest BCUT2D eigenvalue weighted by Gasteiger charge is 2.33. The molecule has 1 aliphatic carbocycles. The Morgan fingerprint density at radius 3 is 2.38 bits per heavy atom. The fraction of sp³-hybridized carbons (Fsp3) is 0.240. The van der Waals surface area contributed by atoms with Gasteiger partial charge in [-0.3, -0.25) is 10.1 Å². The van der Waals surface area contributed by atoms with Gasteiger partial charge in [-0.15, -0.1) is 0 Å². The highest BCUT2D eigenvalue weighted by molar-refractivity contribution is 6.00. The number of rotatable bonds is 5. The van der Waals surface area contributed by atoms with Crippen LogP contribution >= 0.6 is 0 Å². The summed E-state index contributed by atoms with van der Waals surface area (Å²) in [5.74, 6) is -1.87. The van der Waals surface area contributed by atoms with E-state index in [4.69, 9.17) is 19.0 Å². The summed E-state index contributed by atoms with van der Waals surface area (Å²) in [7, 11) is 0. The number of fused-ring (bicyclic) bond motifs is 3. The average molecular weight is 462 g/mol. The minimum atomic E-state index is -1.14. The molecule has 9 heteroatoms. The summed E-state index contributed by atoms with van der Waals surface area (Å²) < 4.78 is 16.0. The summed E-state index contributed by atoms with van der Waals surface area (Å²) in [6.07, 6.45) is -0.546. The number of benzene rings is 2. The van der Waals surface area contributed by atoms with Crippen LogP contribution in [-0.4, -0.2) is 60.4 Å². The number of morpholine rings is 1. The number of hydrogen-bond donors (Lipinski definition) is 2. The predicted molar refractivity (Wildman–Crippen MR) is 121 cm³/mol. The Morgan fingerprint density at radius 2 is 1.71 bits per heavy atom. The summed E-state index contributed by atoms with van der Waals surface area (Å²) in [5.41, 5.74) is 4.59. The minimum Gasteiger partial charge on any atom is -0.479 e. The van der Waals surface area contributed by atoms with Crippen LogP contribution in [0.1, 0.15) is 27.6 Å². The van der Waals surface area contributed by atoms with E-state index >= 15 is 0 Å². The number of carboxylic acids is 1. The summed E-state index contributed by atoms with van der Waals surface area (Å²) in [6.45, 7) is 0.330. The minimum absolute atomic E-state index is 0.0927. The van der Waals surface area contributed by atoms with Crippen LogP contribution in [0.2, 0.25) is 0 Å². The summed E-state index contributed by atoms with van der Waals surface area (Å²) in [6, 6.07) is 17.5. The van der Waals surface area contributed by atoms with Crippen LogP contribution in [0.4, 0.5) is 10.5 Å². The molecule has 0 saturated carbocycles. The van der Waals surface area contributed by atoms with Gasteiger partial charge in [0, 0.05) is 18.5 Å². The highest BCUT2D eigenvalue weighted by Crippen LogP contribution is 2.44. The van der Waals surface area contributed by atoms with Gasteiger partial charge in [-0.05, 0) is 22.3 Å². The predicted octanol–water partition coefficient (Wildman–Crippen LogP) is 3.57. The topological polar surface area (TPSA) is 118 Å². The Kier molecular flexibility index (Phi) is 5.77. The maximum atomic E-state index is 12.9. The third-order valence-electron chi connectivity index (χ3n) is 6.07. The van der Waals surface area contributed by atoms with Crippen molar-refractivity contribution in [3.05, 3.63) is 77.7 Å². The number of anilines is 1. The number of nitrogens with zero attached hydrogens (tertiary/aromatic N) is 1. The van der Waals surface area contributed by atoms with Crippen LogP contribution < -0.4 is 5.32 Å². The van der Waals surface area contributed by atoms with Crippen molar-refractivity contribution in [1.29, 1.82) is 0 Å². The maximum absolute atomic E-state index is 12.9. The lowest BCUT2D eigenvalue weighted by molar-refractivity contribution is -0.154. The standard InChI is InChI=1S/C25H22N2O7/c28-23(27-10-12-32-21(13-27)24(29)30)22-20(9-11-33-22)26-25(31)34-14-19-17-7-3-1-5-15(17)16-6-2-4-8-18(16)19/h1-9,11,19,21H,10,12-14H2,(H,26,31)(H,29,30). The number of furan rings is 1. The van der Waals surface area contributed by atoms with Crippen LogP contribution in [0.5, 0.6) is 0 Å². The van der Waals surface area contributed by atoms with E-state index in [1.807, 2.05) is 36.4 Å². The maximum Gasteiger partial charge on any atom is 0.411 e. The van der Waals surface area contributed by atoms with Gasteiger partial charge < -0.3 is 23.9 Å². The van der Waals surface area contributed by atoms with E-state index in [-0.39, 0.29) is 43.7 Å². The van der Waals surface area contributed by atoms with Crippen molar-refractivity contribution >= 4 is 23.7 Å². The van der Waals surface area contributed by atoms with E-state index in [9.17, 15) is 14.4 Å². The molecule has 0 spiro atoms. The molecule has 9 nitrogen and oxygen atoms in total. The molecule has 34 heavy (non-hydrogen) atoms. The Bertz CT molecular complexity index is 1210. The number of nitrogens with one attached hydrogen (secondary N) is 1. The first-order chi connectivity index (χ1) is 16.5. The average Bonchev–Trinajstić information content (AvgIpc) is 3.44. The van der Waals surface area contributed by atoms with E-state index < -0.39 is 24.1 Å². The Hall–Kier alpha value is -4.11. The Morgan fingerprint density at radius 1 is 1.03 bits per heavy atom. The molecule has 2 aliphatic rings. The lowest BCUT2D eigenvalue weighted by Gasteiger charge is -2.30. The number of carbonyl (C=O) groups is 3. The first-order valence-electron chi connectivity index (χ1n) is 10.9. The van der Waals surface area contributed by atoms with Gasteiger partial charge >= 0.3 is 12.1 Å². The van der Waals surface area contributed by atoms with Crippen molar-refractivity contribution in [2.75, 3.05) is 31.6 Å². The smallest absolute Gasteiger partial charge is 0.411 e. The number of carboxylic acid groups (broad SMARTS) is 1. The van der Waals surface area contributed by atoms with E-state index in [1.54, 1.807) is 0 Å². The van der Waals surface area contributed by atoms with Crippen molar-refractivity contribution in [3.63, 3.8) is 0 Å². The number of aliphatic carboxylic acids is 1. The van der Waals surface area contributed by atoms with Crippen LogP contribution in [0.3, 0.4) is 0 Å². The highest BCUT2D eigenvalue weighted by atomic mass is 16.5. The molecule has 1 saturated heterocycles. The van der Waals surface area contributed by atoms with Gasteiger partial charge in [0.05, 0.1) is 25.1 Å². The van der Waals surface area contributed by atoms with Crippen LogP contribution in [0, 0.1) is 0 Å². The molecule has 5 rings (SSSR count). The van der Waals surface area contributed by atoms with Crippen molar-refractivity contribution in [2.24, 2.45) is 0 Å². The van der Waals surface area contributed by atoms with E-state index in [0.29, 0.717) is 0 Å². The molecule has 3 aromatic rings. The molecule has 2 heterocycles. The second-order valence-electron chi connectivity index (χ2n) is 8.06. The zero-order valence-corrected chi connectivity index (χ0v) is 18.1. The molecule has 1 aliphatic heterocycles. The summed E-state index contributed by atoms with van der Waals surface area (Å²) >= 11 is 0. The van der Waals surface area contributed by atoms with Crippen LogP contribution in [0.15, 0.2) is 65.3 Å². The van der Waals surface area contributed by atoms with Crippen LogP contribution in [0.25, 0.3) is 11.1 Å². The number of carbonyl (C=O) groups excluding carboxylic acids is 2. The molecule has 174 valence electrons. The van der Waals surface area contributed by atoms with Crippen molar-refractivity contribution in [1.82, 2.24) is 4.90 Å². The monoisotopic (exact) mass is 462 g/mol. The lowest BCUT2D eigenvalue weighted by Crippen LogP contribution is -2.48. The van der Waals surface area contributed by atoms with E-state index in [2.05, 4.69) is 17.4 Å². The molecule has 2 N–H and O–H groups in total. The molecule has 2 amide bonds. The van der Waals surface area contributed by atoms with Gasteiger partial charge in [0.1, 0.15) is 6.61 Å². The third-order valence-corrected chi connectivity index (χ3v) is 6.07. The van der Waals surface area contributed by atoms with Crippen molar-refractivity contribution < 1.29 is 33.4 Å². The van der Waals surface area contributed by atoms with Gasteiger partial charge in [0.2, 0.25) is 5.76 Å². The van der Waals surface area contributed by atoms with Gasteiger partial charge in [-0.2, -0.15) is 0 Å². The second kappa shape index (κ2) is 9.03. The van der Waals surface area contributed by atoms with Gasteiger partial charge in [0.15, 0.2) is 6.10 Å². The van der Waals surface area contributed by atoms with Gasteiger partial charge in [0.25, 0.3) is 5.91 Å². The molecular weight excluding hydrogens is 440 g/mol.